The Bertz CT molecular complexity index is 1160. The topological polar surface area (TPSA) is 84.8 Å². The predicted molar refractivity (Wildman–Crippen MR) is 111 cm³/mol. The second-order valence-electron chi connectivity index (χ2n) is 7.41. The average molecular weight is 389 g/mol. The molecular formula is C21H23N7O. The van der Waals surface area contributed by atoms with Gasteiger partial charge >= 0.3 is 0 Å². The molecule has 1 aliphatic rings. The summed E-state index contributed by atoms with van der Waals surface area (Å²) in [6.07, 6.45) is 3.72. The number of fused-ring (bicyclic) bond motifs is 1. The zero-order chi connectivity index (χ0) is 20.0. The first kappa shape index (κ1) is 17.8. The quantitative estimate of drug-likeness (QED) is 0.580. The molecule has 0 bridgehead atoms. The summed E-state index contributed by atoms with van der Waals surface area (Å²) in [6.45, 7) is 8.31. The highest BCUT2D eigenvalue weighted by Gasteiger charge is 2.22. The van der Waals surface area contributed by atoms with Gasteiger partial charge in [-0.1, -0.05) is 0 Å². The van der Waals surface area contributed by atoms with Crippen molar-refractivity contribution in [3.05, 3.63) is 48.3 Å². The zero-order valence-corrected chi connectivity index (χ0v) is 16.8. The van der Waals surface area contributed by atoms with Gasteiger partial charge in [0.25, 0.3) is 0 Å². The Kier molecular flexibility index (Phi) is 4.28. The largest absolute Gasteiger partial charge is 0.377 e. The van der Waals surface area contributed by atoms with Crippen LogP contribution in [0.15, 0.2) is 36.7 Å². The van der Waals surface area contributed by atoms with Gasteiger partial charge in [-0.15, -0.1) is 10.2 Å². The van der Waals surface area contributed by atoms with Crippen LogP contribution in [0.1, 0.15) is 18.6 Å². The molecule has 1 aliphatic heterocycles. The molecule has 0 aromatic carbocycles. The second-order valence-corrected chi connectivity index (χ2v) is 7.41. The van der Waals surface area contributed by atoms with Crippen molar-refractivity contribution < 1.29 is 4.74 Å². The Labute approximate surface area is 168 Å². The molecule has 5 rings (SSSR count). The lowest BCUT2D eigenvalue weighted by atomic mass is 10.1. The van der Waals surface area contributed by atoms with Crippen LogP contribution in [0.3, 0.4) is 0 Å². The number of nitrogens with zero attached hydrogens (tertiary/aromatic N) is 6. The Morgan fingerprint density at radius 1 is 1.14 bits per heavy atom. The number of nitrogens with one attached hydrogen (secondary N) is 1. The minimum Gasteiger partial charge on any atom is -0.377 e. The maximum absolute atomic E-state index is 5.63. The zero-order valence-electron chi connectivity index (χ0n) is 16.8. The number of ether oxygens (including phenoxy) is 1. The molecule has 0 saturated carbocycles. The molecule has 0 radical (unpaired) electrons. The van der Waals surface area contributed by atoms with E-state index in [0.717, 1.165) is 52.0 Å². The normalized spacial score (nSPS) is 17.2. The summed E-state index contributed by atoms with van der Waals surface area (Å²) in [4.78, 5) is 15.0. The molecule has 0 amide bonds. The molecule has 1 fully saturated rings. The van der Waals surface area contributed by atoms with Crippen LogP contribution < -0.4 is 4.90 Å². The summed E-state index contributed by atoms with van der Waals surface area (Å²) in [5.41, 5.74) is 3.80. The van der Waals surface area contributed by atoms with Crippen LogP contribution in [0.25, 0.3) is 28.0 Å². The fraction of sp³-hybridized carbons (Fsp3) is 0.333. The molecule has 1 unspecified atom stereocenters. The lowest BCUT2D eigenvalue weighted by Crippen LogP contribution is -2.44. The highest BCUT2D eigenvalue weighted by molar-refractivity contribution is 5.92. The first-order valence-electron chi connectivity index (χ1n) is 9.80. The number of aromatic amines is 1. The van der Waals surface area contributed by atoms with Crippen LogP contribution in [-0.2, 0) is 4.74 Å². The number of anilines is 1. The van der Waals surface area contributed by atoms with E-state index in [4.69, 9.17) is 9.72 Å². The van der Waals surface area contributed by atoms with Gasteiger partial charge in [0, 0.05) is 36.0 Å². The van der Waals surface area contributed by atoms with Gasteiger partial charge in [-0.25, -0.2) is 9.97 Å². The van der Waals surface area contributed by atoms with E-state index in [0.29, 0.717) is 13.2 Å². The Hall–Kier alpha value is -3.26. The van der Waals surface area contributed by atoms with Crippen molar-refractivity contribution in [2.75, 3.05) is 24.7 Å². The molecular weight excluding hydrogens is 366 g/mol. The lowest BCUT2D eigenvalue weighted by Gasteiger charge is -2.34. The van der Waals surface area contributed by atoms with Crippen molar-refractivity contribution in [3.8, 4) is 16.9 Å². The van der Waals surface area contributed by atoms with Crippen LogP contribution in [0, 0.1) is 13.8 Å². The van der Waals surface area contributed by atoms with E-state index in [1.54, 1.807) is 0 Å². The van der Waals surface area contributed by atoms with Gasteiger partial charge in [0.2, 0.25) is 0 Å². The average Bonchev–Trinajstić information content (AvgIpc) is 3.34. The number of rotatable bonds is 3. The van der Waals surface area contributed by atoms with Crippen LogP contribution in [0.4, 0.5) is 5.82 Å². The number of morpholine rings is 1. The first-order chi connectivity index (χ1) is 14.1. The standard InChI is InChI=1S/C21H23N7O/c1-13-12-29-9-8-27(13)20-11-16(28-14(2)25-26-15(28)3)10-19(24-20)17-4-6-22-21-18(17)5-7-23-21/h4-7,10-11,13H,8-9,12H2,1-3H3,(H,22,23). The van der Waals surface area contributed by atoms with Crippen molar-refractivity contribution in [2.45, 2.75) is 26.8 Å². The molecule has 1 atom stereocenters. The minimum absolute atomic E-state index is 0.257. The van der Waals surface area contributed by atoms with E-state index < -0.39 is 0 Å². The van der Waals surface area contributed by atoms with E-state index in [1.807, 2.05) is 38.4 Å². The number of aryl methyl sites for hydroxylation is 2. The summed E-state index contributed by atoms with van der Waals surface area (Å²) >= 11 is 0. The van der Waals surface area contributed by atoms with E-state index in [9.17, 15) is 0 Å². The summed E-state index contributed by atoms with van der Waals surface area (Å²) in [7, 11) is 0. The smallest absolute Gasteiger partial charge is 0.137 e. The van der Waals surface area contributed by atoms with Crippen LogP contribution in [0.5, 0.6) is 0 Å². The number of hydrogen-bond acceptors (Lipinski definition) is 6. The monoisotopic (exact) mass is 389 g/mol. The number of aromatic nitrogens is 6. The highest BCUT2D eigenvalue weighted by Crippen LogP contribution is 2.31. The summed E-state index contributed by atoms with van der Waals surface area (Å²) in [5.74, 6) is 2.63. The molecule has 5 heterocycles. The molecule has 0 spiro atoms. The summed E-state index contributed by atoms with van der Waals surface area (Å²) < 4.78 is 7.69. The Balaban J connectivity index is 1.73. The second kappa shape index (κ2) is 6.97. The van der Waals surface area contributed by atoms with E-state index in [2.05, 4.69) is 48.7 Å². The van der Waals surface area contributed by atoms with Crippen molar-refractivity contribution in [2.24, 2.45) is 0 Å². The van der Waals surface area contributed by atoms with Gasteiger partial charge < -0.3 is 14.6 Å². The number of pyridine rings is 2. The third kappa shape index (κ3) is 3.05. The summed E-state index contributed by atoms with van der Waals surface area (Å²) in [5, 5.41) is 9.53. The van der Waals surface area contributed by atoms with Crippen molar-refractivity contribution >= 4 is 16.9 Å². The molecule has 148 valence electrons. The van der Waals surface area contributed by atoms with Crippen LogP contribution in [0.2, 0.25) is 0 Å². The van der Waals surface area contributed by atoms with Gasteiger partial charge in [-0.05, 0) is 39.0 Å². The lowest BCUT2D eigenvalue weighted by molar-refractivity contribution is 0.0985. The van der Waals surface area contributed by atoms with Crippen molar-refractivity contribution in [1.82, 2.24) is 29.7 Å². The molecule has 0 aliphatic carbocycles. The predicted octanol–water partition coefficient (Wildman–Crippen LogP) is 3.05. The Morgan fingerprint density at radius 3 is 2.76 bits per heavy atom. The van der Waals surface area contributed by atoms with Crippen LogP contribution >= 0.6 is 0 Å². The Morgan fingerprint density at radius 2 is 1.97 bits per heavy atom. The molecule has 8 nitrogen and oxygen atoms in total. The third-order valence-corrected chi connectivity index (χ3v) is 5.44. The molecule has 1 saturated heterocycles. The highest BCUT2D eigenvalue weighted by atomic mass is 16.5. The SMILES string of the molecule is Cc1nnc(C)n1-c1cc(-c2ccnc3[nH]ccc23)nc(N2CCOCC2C)c1. The van der Waals surface area contributed by atoms with Crippen LogP contribution in [-0.4, -0.2) is 55.5 Å². The van der Waals surface area contributed by atoms with Gasteiger partial charge in [0.15, 0.2) is 0 Å². The van der Waals surface area contributed by atoms with E-state index in [1.165, 1.54) is 0 Å². The fourth-order valence-electron chi connectivity index (χ4n) is 4.01. The molecule has 4 aromatic rings. The number of hydrogen-bond donors (Lipinski definition) is 1. The van der Waals surface area contributed by atoms with Gasteiger partial charge in [-0.3, -0.25) is 4.57 Å². The molecule has 29 heavy (non-hydrogen) atoms. The van der Waals surface area contributed by atoms with E-state index >= 15 is 0 Å². The maximum atomic E-state index is 5.63. The minimum atomic E-state index is 0.257. The van der Waals surface area contributed by atoms with Gasteiger partial charge in [0.1, 0.15) is 23.1 Å². The number of H-pyrrole nitrogens is 1. The molecule has 1 N–H and O–H groups in total. The molecule has 4 aromatic heterocycles. The van der Waals surface area contributed by atoms with Crippen molar-refractivity contribution in [1.29, 1.82) is 0 Å². The van der Waals surface area contributed by atoms with Gasteiger partial charge in [-0.2, -0.15) is 0 Å². The van der Waals surface area contributed by atoms with Gasteiger partial charge in [0.05, 0.1) is 30.6 Å². The van der Waals surface area contributed by atoms with Crippen molar-refractivity contribution in [3.63, 3.8) is 0 Å². The summed E-state index contributed by atoms with van der Waals surface area (Å²) in [6, 6.07) is 8.52. The maximum Gasteiger partial charge on any atom is 0.137 e. The van der Waals surface area contributed by atoms with E-state index in [-0.39, 0.29) is 6.04 Å². The first-order valence-corrected chi connectivity index (χ1v) is 9.80. The fourth-order valence-corrected chi connectivity index (χ4v) is 4.01. The third-order valence-electron chi connectivity index (χ3n) is 5.44. The molecule has 8 heteroatoms.